The van der Waals surface area contributed by atoms with Gasteiger partial charge in [0.2, 0.25) is 10.0 Å². The summed E-state index contributed by atoms with van der Waals surface area (Å²) in [5, 5.41) is 4.98. The third-order valence-electron chi connectivity index (χ3n) is 2.24. The number of sulfonamides is 1. The Balaban J connectivity index is 2.90. The van der Waals surface area contributed by atoms with Crippen LogP contribution in [-0.4, -0.2) is 8.42 Å². The highest BCUT2D eigenvalue weighted by Crippen LogP contribution is 2.17. The van der Waals surface area contributed by atoms with E-state index < -0.39 is 10.0 Å². The van der Waals surface area contributed by atoms with Crippen LogP contribution in [0.5, 0.6) is 0 Å². The SMILES string of the molecule is CCCC(N)c1ccc(S(N)(=O)=O)cc1. The molecule has 0 aromatic heterocycles. The summed E-state index contributed by atoms with van der Waals surface area (Å²) in [5.74, 6) is 0. The van der Waals surface area contributed by atoms with Crippen molar-refractivity contribution in [2.75, 3.05) is 0 Å². The van der Waals surface area contributed by atoms with Crippen LogP contribution in [0.25, 0.3) is 0 Å². The van der Waals surface area contributed by atoms with Crippen LogP contribution >= 0.6 is 0 Å². The van der Waals surface area contributed by atoms with Crippen molar-refractivity contribution < 1.29 is 8.42 Å². The molecule has 1 unspecified atom stereocenters. The zero-order chi connectivity index (χ0) is 11.5. The quantitative estimate of drug-likeness (QED) is 0.810. The Morgan fingerprint density at radius 2 is 1.80 bits per heavy atom. The van der Waals surface area contributed by atoms with E-state index in [1.165, 1.54) is 12.1 Å². The number of hydrogen-bond donors (Lipinski definition) is 2. The Morgan fingerprint density at radius 1 is 1.27 bits per heavy atom. The van der Waals surface area contributed by atoms with Crippen LogP contribution in [-0.2, 0) is 10.0 Å². The molecule has 4 N–H and O–H groups in total. The Bertz CT molecular complexity index is 412. The molecule has 0 fully saturated rings. The lowest BCUT2D eigenvalue weighted by molar-refractivity contribution is 0.597. The van der Waals surface area contributed by atoms with Gasteiger partial charge in [0.15, 0.2) is 0 Å². The third kappa shape index (κ3) is 3.30. The first-order valence-corrected chi connectivity index (χ1v) is 6.38. The zero-order valence-electron chi connectivity index (χ0n) is 8.68. The van der Waals surface area contributed by atoms with Gasteiger partial charge in [0.05, 0.1) is 4.90 Å². The van der Waals surface area contributed by atoms with Crippen molar-refractivity contribution in [3.05, 3.63) is 29.8 Å². The Kier molecular flexibility index (Phi) is 3.84. The van der Waals surface area contributed by atoms with Crippen molar-refractivity contribution >= 4 is 10.0 Å². The van der Waals surface area contributed by atoms with Gasteiger partial charge in [-0.1, -0.05) is 25.5 Å². The molecule has 1 aromatic rings. The monoisotopic (exact) mass is 228 g/mol. The van der Waals surface area contributed by atoms with Crippen LogP contribution in [0.2, 0.25) is 0 Å². The van der Waals surface area contributed by atoms with Gasteiger partial charge in [-0.05, 0) is 24.1 Å². The van der Waals surface area contributed by atoms with E-state index in [4.69, 9.17) is 10.9 Å². The highest BCUT2D eigenvalue weighted by atomic mass is 32.2. The van der Waals surface area contributed by atoms with E-state index in [1.807, 2.05) is 0 Å². The van der Waals surface area contributed by atoms with Crippen molar-refractivity contribution in [2.45, 2.75) is 30.7 Å². The molecule has 84 valence electrons. The molecular formula is C10H16N2O2S. The van der Waals surface area contributed by atoms with Crippen LogP contribution < -0.4 is 10.9 Å². The summed E-state index contributed by atoms with van der Waals surface area (Å²) in [4.78, 5) is 0.120. The molecule has 0 heterocycles. The van der Waals surface area contributed by atoms with Crippen molar-refractivity contribution in [3.8, 4) is 0 Å². The summed E-state index contributed by atoms with van der Waals surface area (Å²) < 4.78 is 22.0. The van der Waals surface area contributed by atoms with Gasteiger partial charge in [0.25, 0.3) is 0 Å². The topological polar surface area (TPSA) is 86.2 Å². The van der Waals surface area contributed by atoms with E-state index in [9.17, 15) is 8.42 Å². The standard InChI is InChI=1S/C10H16N2O2S/c1-2-3-10(11)8-4-6-9(7-5-8)15(12,13)14/h4-7,10H,2-3,11H2,1H3,(H2,12,13,14). The Hall–Kier alpha value is -0.910. The lowest BCUT2D eigenvalue weighted by Crippen LogP contribution is -2.13. The summed E-state index contributed by atoms with van der Waals surface area (Å²) >= 11 is 0. The van der Waals surface area contributed by atoms with Gasteiger partial charge in [-0.2, -0.15) is 0 Å². The molecule has 1 atom stereocenters. The lowest BCUT2D eigenvalue weighted by atomic mass is 10.0. The molecule has 1 aromatic carbocycles. The second-order valence-corrected chi connectivity index (χ2v) is 5.07. The third-order valence-corrected chi connectivity index (χ3v) is 3.17. The second-order valence-electron chi connectivity index (χ2n) is 3.51. The first-order chi connectivity index (χ1) is 6.95. The second kappa shape index (κ2) is 4.74. The maximum atomic E-state index is 11.0. The van der Waals surface area contributed by atoms with Crippen molar-refractivity contribution in [2.24, 2.45) is 10.9 Å². The maximum absolute atomic E-state index is 11.0. The van der Waals surface area contributed by atoms with Gasteiger partial charge in [0, 0.05) is 6.04 Å². The number of rotatable bonds is 4. The highest BCUT2D eigenvalue weighted by molar-refractivity contribution is 7.89. The minimum absolute atomic E-state index is 0.0375. The van der Waals surface area contributed by atoms with Gasteiger partial charge in [-0.3, -0.25) is 0 Å². The van der Waals surface area contributed by atoms with Gasteiger partial charge in [0.1, 0.15) is 0 Å². The van der Waals surface area contributed by atoms with Gasteiger partial charge in [-0.25, -0.2) is 13.6 Å². The smallest absolute Gasteiger partial charge is 0.238 e. The van der Waals surface area contributed by atoms with Gasteiger partial charge < -0.3 is 5.73 Å². The van der Waals surface area contributed by atoms with Crippen LogP contribution in [0.3, 0.4) is 0 Å². The summed E-state index contributed by atoms with van der Waals surface area (Å²) in [6.07, 6.45) is 1.88. The molecule has 1 rings (SSSR count). The Labute approximate surface area is 90.3 Å². The number of hydrogen-bond acceptors (Lipinski definition) is 3. The molecule has 0 bridgehead atoms. The molecule has 0 aliphatic rings. The lowest BCUT2D eigenvalue weighted by Gasteiger charge is -2.10. The average Bonchev–Trinajstić information content (AvgIpc) is 2.17. The molecule has 15 heavy (non-hydrogen) atoms. The fourth-order valence-corrected chi connectivity index (χ4v) is 1.90. The molecule has 0 aliphatic carbocycles. The fourth-order valence-electron chi connectivity index (χ4n) is 1.38. The predicted molar refractivity (Wildman–Crippen MR) is 59.7 cm³/mol. The van der Waals surface area contributed by atoms with Crippen LogP contribution in [0.1, 0.15) is 31.4 Å². The van der Waals surface area contributed by atoms with E-state index in [2.05, 4.69) is 6.92 Å². The summed E-state index contributed by atoms with van der Waals surface area (Å²) in [7, 11) is -3.60. The van der Waals surface area contributed by atoms with Crippen molar-refractivity contribution in [1.29, 1.82) is 0 Å². The van der Waals surface area contributed by atoms with Crippen molar-refractivity contribution in [1.82, 2.24) is 0 Å². The molecule has 0 aliphatic heterocycles. The molecule has 0 spiro atoms. The van der Waals surface area contributed by atoms with E-state index in [-0.39, 0.29) is 10.9 Å². The molecule has 0 amide bonds. The molecule has 0 saturated carbocycles. The maximum Gasteiger partial charge on any atom is 0.238 e. The summed E-state index contributed by atoms with van der Waals surface area (Å²) in [6, 6.07) is 6.35. The summed E-state index contributed by atoms with van der Waals surface area (Å²) in [5.41, 5.74) is 6.82. The van der Waals surface area contributed by atoms with E-state index >= 15 is 0 Å². The van der Waals surface area contributed by atoms with Crippen LogP contribution in [0, 0.1) is 0 Å². The minimum atomic E-state index is -3.60. The van der Waals surface area contributed by atoms with E-state index in [0.717, 1.165) is 18.4 Å². The van der Waals surface area contributed by atoms with Gasteiger partial charge in [-0.15, -0.1) is 0 Å². The normalized spacial score (nSPS) is 13.8. The first-order valence-electron chi connectivity index (χ1n) is 4.83. The highest BCUT2D eigenvalue weighted by Gasteiger charge is 2.09. The minimum Gasteiger partial charge on any atom is -0.324 e. The number of benzene rings is 1. The Morgan fingerprint density at radius 3 is 2.20 bits per heavy atom. The first kappa shape index (κ1) is 12.2. The number of nitrogens with two attached hydrogens (primary N) is 2. The zero-order valence-corrected chi connectivity index (χ0v) is 9.50. The van der Waals surface area contributed by atoms with E-state index in [1.54, 1.807) is 12.1 Å². The largest absolute Gasteiger partial charge is 0.324 e. The van der Waals surface area contributed by atoms with Crippen LogP contribution in [0.4, 0.5) is 0 Å². The van der Waals surface area contributed by atoms with E-state index in [0.29, 0.717) is 0 Å². The predicted octanol–water partition coefficient (Wildman–Crippen LogP) is 1.13. The van der Waals surface area contributed by atoms with Crippen molar-refractivity contribution in [3.63, 3.8) is 0 Å². The molecule has 0 radical (unpaired) electrons. The molecule has 0 saturated heterocycles. The molecule has 4 nitrogen and oxygen atoms in total. The molecule has 5 heteroatoms. The average molecular weight is 228 g/mol. The number of primary sulfonamides is 1. The van der Waals surface area contributed by atoms with Crippen LogP contribution in [0.15, 0.2) is 29.2 Å². The molecular weight excluding hydrogens is 212 g/mol. The van der Waals surface area contributed by atoms with Gasteiger partial charge >= 0.3 is 0 Å². The fraction of sp³-hybridized carbons (Fsp3) is 0.400. The summed E-state index contributed by atoms with van der Waals surface area (Å²) in [6.45, 7) is 2.05.